The Kier molecular flexibility index (Phi) is 3.83. The zero-order chi connectivity index (χ0) is 12.3. The van der Waals surface area contributed by atoms with Gasteiger partial charge in [-0.1, -0.05) is 18.6 Å². The number of aromatic nitrogens is 2. The molecular weight excluding hydrogens is 252 g/mol. The Labute approximate surface area is 111 Å². The Morgan fingerprint density at radius 3 is 2.94 bits per heavy atom. The van der Waals surface area contributed by atoms with Gasteiger partial charge in [-0.25, -0.2) is 9.97 Å². The minimum atomic E-state index is 0.304. The first-order valence-corrected chi connectivity index (χ1v) is 7.20. The smallest absolute Gasteiger partial charge is 0.223 e. The Balaban J connectivity index is 1.99. The molecule has 1 aliphatic rings. The number of thiocarbonyl (C=S) groups is 1. The molecule has 1 aromatic rings. The number of thioether (sulfide) groups is 1. The molecule has 2 rings (SSSR count). The molecule has 17 heavy (non-hydrogen) atoms. The molecular formula is C11H16N4S2. The normalized spacial score (nSPS) is 17.2. The minimum absolute atomic E-state index is 0.304. The maximum Gasteiger partial charge on any atom is 0.223 e. The van der Waals surface area contributed by atoms with E-state index in [2.05, 4.69) is 21.5 Å². The highest BCUT2D eigenvalue weighted by Gasteiger charge is 2.35. The molecule has 1 aromatic heterocycles. The van der Waals surface area contributed by atoms with Crippen LogP contribution in [-0.2, 0) is 0 Å². The van der Waals surface area contributed by atoms with Gasteiger partial charge < -0.3 is 11.1 Å². The molecule has 1 saturated carbocycles. The lowest BCUT2D eigenvalue weighted by atomic mass is 9.84. The number of nitrogens with one attached hydrogen (secondary N) is 1. The third-order valence-electron chi connectivity index (χ3n) is 3.17. The molecule has 0 aliphatic heterocycles. The number of rotatable bonds is 5. The summed E-state index contributed by atoms with van der Waals surface area (Å²) >= 11 is 6.81. The largest absolute Gasteiger partial charge is 0.388 e. The fraction of sp³-hybridized carbons (Fsp3) is 0.545. The van der Waals surface area contributed by atoms with E-state index in [1.807, 2.05) is 11.8 Å². The van der Waals surface area contributed by atoms with Crippen LogP contribution < -0.4 is 11.1 Å². The van der Waals surface area contributed by atoms with Gasteiger partial charge in [-0.05, 0) is 25.2 Å². The van der Waals surface area contributed by atoms with Crippen molar-refractivity contribution in [3.8, 4) is 0 Å². The summed E-state index contributed by atoms with van der Waals surface area (Å²) in [5.74, 6) is 0.607. The first-order valence-electron chi connectivity index (χ1n) is 5.57. The van der Waals surface area contributed by atoms with E-state index in [1.54, 1.807) is 12.3 Å². The summed E-state index contributed by atoms with van der Waals surface area (Å²) in [5, 5.41) is 3.28. The lowest BCUT2D eigenvalue weighted by molar-refractivity contribution is 0.379. The van der Waals surface area contributed by atoms with Crippen LogP contribution in [0, 0.1) is 0 Å². The van der Waals surface area contributed by atoms with Crippen LogP contribution in [0.25, 0.3) is 0 Å². The van der Waals surface area contributed by atoms with E-state index >= 15 is 0 Å². The lowest BCUT2D eigenvalue weighted by Gasteiger charge is -2.40. The van der Waals surface area contributed by atoms with Crippen molar-refractivity contribution >= 4 is 34.9 Å². The van der Waals surface area contributed by atoms with Crippen molar-refractivity contribution in [3.63, 3.8) is 0 Å². The maximum atomic E-state index is 5.54. The second kappa shape index (κ2) is 5.18. The second-order valence-corrected chi connectivity index (χ2v) is 5.94. The molecule has 0 spiro atoms. The van der Waals surface area contributed by atoms with Crippen LogP contribution >= 0.6 is 24.0 Å². The minimum Gasteiger partial charge on any atom is -0.388 e. The van der Waals surface area contributed by atoms with Gasteiger partial charge in [0.25, 0.3) is 0 Å². The summed E-state index contributed by atoms with van der Waals surface area (Å²) in [6.07, 6.45) is 7.67. The number of nitrogens with zero attached hydrogens (tertiary/aromatic N) is 2. The second-order valence-electron chi connectivity index (χ2n) is 4.22. The molecule has 1 aliphatic carbocycles. The van der Waals surface area contributed by atoms with E-state index in [0.29, 0.717) is 21.4 Å². The van der Waals surface area contributed by atoms with Crippen molar-refractivity contribution in [3.05, 3.63) is 18.0 Å². The monoisotopic (exact) mass is 268 g/mol. The maximum absolute atomic E-state index is 5.54. The molecule has 0 atom stereocenters. The molecule has 0 unspecified atom stereocenters. The molecule has 0 aromatic carbocycles. The Morgan fingerprint density at radius 2 is 2.41 bits per heavy atom. The quantitative estimate of drug-likeness (QED) is 0.794. The summed E-state index contributed by atoms with van der Waals surface area (Å²) in [7, 11) is 0. The van der Waals surface area contributed by atoms with Gasteiger partial charge in [-0.2, -0.15) is 11.8 Å². The number of anilines is 1. The summed E-state index contributed by atoms with van der Waals surface area (Å²) in [5.41, 5.74) is 6.15. The van der Waals surface area contributed by atoms with Gasteiger partial charge in [0.05, 0.1) is 0 Å². The first-order chi connectivity index (χ1) is 8.15. The van der Waals surface area contributed by atoms with Crippen LogP contribution in [0.15, 0.2) is 12.3 Å². The van der Waals surface area contributed by atoms with E-state index < -0.39 is 0 Å². The highest BCUT2D eigenvalue weighted by atomic mass is 32.2. The van der Waals surface area contributed by atoms with Gasteiger partial charge in [0.15, 0.2) is 0 Å². The van der Waals surface area contributed by atoms with Crippen LogP contribution in [0.2, 0.25) is 0 Å². The third-order valence-corrected chi connectivity index (χ3v) is 4.80. The summed E-state index contributed by atoms with van der Waals surface area (Å²) in [4.78, 5) is 8.75. The van der Waals surface area contributed by atoms with Crippen LogP contribution in [0.1, 0.15) is 25.0 Å². The van der Waals surface area contributed by atoms with Crippen molar-refractivity contribution in [1.82, 2.24) is 9.97 Å². The van der Waals surface area contributed by atoms with E-state index in [0.717, 1.165) is 6.54 Å². The number of hydrogen-bond acceptors (Lipinski definition) is 5. The Bertz CT molecular complexity index is 412. The molecule has 0 bridgehead atoms. The topological polar surface area (TPSA) is 63.8 Å². The average Bonchev–Trinajstić information content (AvgIpc) is 2.28. The van der Waals surface area contributed by atoms with Crippen molar-refractivity contribution < 1.29 is 0 Å². The van der Waals surface area contributed by atoms with Gasteiger partial charge in [-0.15, -0.1) is 0 Å². The molecule has 6 heteroatoms. The summed E-state index contributed by atoms with van der Waals surface area (Å²) in [6, 6.07) is 1.72. The Morgan fingerprint density at radius 1 is 1.65 bits per heavy atom. The molecule has 1 heterocycles. The van der Waals surface area contributed by atoms with Crippen molar-refractivity contribution in [2.24, 2.45) is 5.73 Å². The van der Waals surface area contributed by atoms with Gasteiger partial charge >= 0.3 is 0 Å². The van der Waals surface area contributed by atoms with Crippen LogP contribution in [0.3, 0.4) is 0 Å². The van der Waals surface area contributed by atoms with E-state index in [4.69, 9.17) is 18.0 Å². The third kappa shape index (κ3) is 2.87. The summed E-state index contributed by atoms with van der Waals surface area (Å²) in [6.45, 7) is 0.898. The zero-order valence-corrected chi connectivity index (χ0v) is 11.4. The van der Waals surface area contributed by atoms with Crippen LogP contribution in [0.5, 0.6) is 0 Å². The van der Waals surface area contributed by atoms with E-state index in [9.17, 15) is 0 Å². The van der Waals surface area contributed by atoms with Gasteiger partial charge in [0.1, 0.15) is 10.7 Å². The van der Waals surface area contributed by atoms with E-state index in [-0.39, 0.29) is 0 Å². The molecule has 1 fully saturated rings. The fourth-order valence-electron chi connectivity index (χ4n) is 1.85. The standard InChI is InChI=1S/C11H16N4S2/c1-17-11(4-2-5-11)7-14-10-13-6-3-8(15-10)9(12)16/h3,6H,2,4-5,7H2,1H3,(H2,12,16)(H,13,14,15). The average molecular weight is 268 g/mol. The van der Waals surface area contributed by atoms with Crippen LogP contribution in [0.4, 0.5) is 5.95 Å². The molecule has 0 amide bonds. The predicted octanol–water partition coefficient (Wildman–Crippen LogP) is 1.81. The molecule has 3 N–H and O–H groups in total. The van der Waals surface area contributed by atoms with E-state index in [1.165, 1.54) is 19.3 Å². The SMILES string of the molecule is CSC1(CNc2nccc(C(N)=S)n2)CCC1. The van der Waals surface area contributed by atoms with Crippen molar-refractivity contribution in [2.75, 3.05) is 18.1 Å². The van der Waals surface area contributed by atoms with Gasteiger partial charge in [-0.3, -0.25) is 0 Å². The number of hydrogen-bond donors (Lipinski definition) is 2. The highest BCUT2D eigenvalue weighted by Crippen LogP contribution is 2.42. The zero-order valence-electron chi connectivity index (χ0n) is 9.77. The molecule has 0 saturated heterocycles. The Hall–Kier alpha value is -0.880. The van der Waals surface area contributed by atoms with Crippen molar-refractivity contribution in [1.29, 1.82) is 0 Å². The first kappa shape index (κ1) is 12.6. The fourth-order valence-corrected chi connectivity index (χ4v) is 2.87. The molecule has 92 valence electrons. The van der Waals surface area contributed by atoms with Gasteiger partial charge in [0.2, 0.25) is 5.95 Å². The predicted molar refractivity (Wildman–Crippen MR) is 76.5 cm³/mol. The highest BCUT2D eigenvalue weighted by molar-refractivity contribution is 8.00. The summed E-state index contributed by atoms with van der Waals surface area (Å²) < 4.78 is 0.364. The number of nitrogens with two attached hydrogens (primary N) is 1. The molecule has 0 radical (unpaired) electrons. The molecule has 4 nitrogen and oxygen atoms in total. The van der Waals surface area contributed by atoms with Gasteiger partial charge in [0, 0.05) is 17.5 Å². The van der Waals surface area contributed by atoms with Crippen molar-refractivity contribution in [2.45, 2.75) is 24.0 Å². The lowest BCUT2D eigenvalue weighted by Crippen LogP contribution is -2.40. The van der Waals surface area contributed by atoms with Crippen LogP contribution in [-0.4, -0.2) is 32.5 Å².